The standard InChI is InChI=1S/C19H19BrN2O4/c1-13-2-3-14(12-17(13)22(25)26)18(23)21-10-8-19(24,9-11-21)15-4-6-16(20)7-5-15/h2-7,12,24H,8-11H2,1H3. The quantitative estimate of drug-likeness (QED) is 0.606. The summed E-state index contributed by atoms with van der Waals surface area (Å²) in [5.74, 6) is -0.244. The smallest absolute Gasteiger partial charge is 0.273 e. The molecule has 0 aliphatic carbocycles. The van der Waals surface area contributed by atoms with Crippen molar-refractivity contribution < 1.29 is 14.8 Å². The monoisotopic (exact) mass is 418 g/mol. The lowest BCUT2D eigenvalue weighted by Gasteiger charge is -2.38. The number of hydrogen-bond donors (Lipinski definition) is 1. The van der Waals surface area contributed by atoms with Crippen molar-refractivity contribution in [3.05, 3.63) is 73.7 Å². The molecule has 0 bridgehead atoms. The molecule has 1 heterocycles. The second-order valence-corrected chi connectivity index (χ2v) is 7.50. The number of aryl methyl sites for hydroxylation is 1. The van der Waals surface area contributed by atoms with Crippen molar-refractivity contribution in [1.82, 2.24) is 4.90 Å². The zero-order valence-electron chi connectivity index (χ0n) is 14.3. The summed E-state index contributed by atoms with van der Waals surface area (Å²) in [7, 11) is 0. The van der Waals surface area contributed by atoms with Crippen LogP contribution >= 0.6 is 15.9 Å². The number of nitro benzene ring substituents is 1. The topological polar surface area (TPSA) is 83.7 Å². The van der Waals surface area contributed by atoms with E-state index < -0.39 is 10.5 Å². The minimum atomic E-state index is -0.962. The van der Waals surface area contributed by atoms with Crippen molar-refractivity contribution in [3.8, 4) is 0 Å². The molecule has 1 N–H and O–H groups in total. The number of carbonyl (C=O) groups excluding carboxylic acids is 1. The molecular weight excluding hydrogens is 400 g/mol. The number of carbonyl (C=O) groups is 1. The van der Waals surface area contributed by atoms with Gasteiger partial charge < -0.3 is 10.0 Å². The maximum atomic E-state index is 12.7. The van der Waals surface area contributed by atoms with E-state index in [9.17, 15) is 20.0 Å². The molecule has 1 aliphatic heterocycles. The first-order valence-electron chi connectivity index (χ1n) is 8.33. The predicted molar refractivity (Wildman–Crippen MR) is 101 cm³/mol. The van der Waals surface area contributed by atoms with Crippen molar-refractivity contribution in [2.45, 2.75) is 25.4 Å². The Morgan fingerprint density at radius 1 is 1.19 bits per heavy atom. The van der Waals surface area contributed by atoms with Gasteiger partial charge in [-0.25, -0.2) is 0 Å². The molecule has 3 rings (SSSR count). The minimum absolute atomic E-state index is 0.0563. The molecule has 7 heteroatoms. The molecule has 2 aromatic carbocycles. The lowest BCUT2D eigenvalue weighted by atomic mass is 9.84. The summed E-state index contributed by atoms with van der Waals surface area (Å²) in [4.78, 5) is 24.9. The number of benzene rings is 2. The second-order valence-electron chi connectivity index (χ2n) is 6.59. The van der Waals surface area contributed by atoms with Crippen LogP contribution in [0.1, 0.15) is 34.3 Å². The van der Waals surface area contributed by atoms with Crippen molar-refractivity contribution >= 4 is 27.5 Å². The zero-order valence-corrected chi connectivity index (χ0v) is 15.9. The van der Waals surface area contributed by atoms with E-state index in [2.05, 4.69) is 15.9 Å². The molecule has 136 valence electrons. The highest BCUT2D eigenvalue weighted by atomic mass is 79.9. The maximum absolute atomic E-state index is 12.7. The number of amides is 1. The molecule has 0 unspecified atom stereocenters. The number of hydrogen-bond acceptors (Lipinski definition) is 4. The van der Waals surface area contributed by atoms with Crippen LogP contribution in [0, 0.1) is 17.0 Å². The van der Waals surface area contributed by atoms with Gasteiger partial charge in [-0.2, -0.15) is 0 Å². The predicted octanol–water partition coefficient (Wildman–Crippen LogP) is 3.79. The van der Waals surface area contributed by atoms with Crippen LogP contribution in [0.5, 0.6) is 0 Å². The number of nitro groups is 1. The van der Waals surface area contributed by atoms with Gasteiger partial charge in [-0.15, -0.1) is 0 Å². The summed E-state index contributed by atoms with van der Waals surface area (Å²) < 4.78 is 0.943. The SMILES string of the molecule is Cc1ccc(C(=O)N2CCC(O)(c3ccc(Br)cc3)CC2)cc1[N+](=O)[O-]. The van der Waals surface area contributed by atoms with Crippen LogP contribution in [-0.2, 0) is 5.60 Å². The van der Waals surface area contributed by atoms with Crippen LogP contribution in [0.15, 0.2) is 46.9 Å². The van der Waals surface area contributed by atoms with Crippen LogP contribution in [0.25, 0.3) is 0 Å². The summed E-state index contributed by atoms with van der Waals surface area (Å²) in [5, 5.41) is 22.0. The van der Waals surface area contributed by atoms with Gasteiger partial charge in [0.25, 0.3) is 11.6 Å². The number of piperidine rings is 1. The molecule has 2 aromatic rings. The highest BCUT2D eigenvalue weighted by Crippen LogP contribution is 2.34. The van der Waals surface area contributed by atoms with Gasteiger partial charge in [0.15, 0.2) is 0 Å². The first kappa shape index (κ1) is 18.5. The molecule has 0 atom stereocenters. The van der Waals surface area contributed by atoms with Gasteiger partial charge in [-0.3, -0.25) is 14.9 Å². The molecular formula is C19H19BrN2O4. The normalized spacial score (nSPS) is 16.3. The van der Waals surface area contributed by atoms with Gasteiger partial charge in [0.1, 0.15) is 0 Å². The fourth-order valence-corrected chi connectivity index (χ4v) is 3.51. The molecule has 1 aliphatic rings. The van der Waals surface area contributed by atoms with Crippen LogP contribution in [0.3, 0.4) is 0 Å². The van der Waals surface area contributed by atoms with E-state index in [0.717, 1.165) is 10.0 Å². The van der Waals surface area contributed by atoms with E-state index in [1.54, 1.807) is 24.0 Å². The molecule has 1 amide bonds. The Kier molecular flexibility index (Phi) is 5.11. The van der Waals surface area contributed by atoms with E-state index in [4.69, 9.17) is 0 Å². The van der Waals surface area contributed by atoms with E-state index in [1.165, 1.54) is 6.07 Å². The first-order valence-corrected chi connectivity index (χ1v) is 9.12. The van der Waals surface area contributed by atoms with Gasteiger partial charge in [-0.1, -0.05) is 34.1 Å². The molecule has 1 fully saturated rings. The highest BCUT2D eigenvalue weighted by Gasteiger charge is 2.35. The Balaban J connectivity index is 1.73. The summed E-state index contributed by atoms with van der Waals surface area (Å²) in [6, 6.07) is 12.1. The van der Waals surface area contributed by atoms with Crippen molar-refractivity contribution in [2.24, 2.45) is 0 Å². The molecule has 0 radical (unpaired) electrons. The molecule has 1 saturated heterocycles. The van der Waals surface area contributed by atoms with Gasteiger partial charge in [-0.05, 0) is 43.5 Å². The van der Waals surface area contributed by atoms with Gasteiger partial charge in [0.05, 0.1) is 10.5 Å². The van der Waals surface area contributed by atoms with E-state index in [0.29, 0.717) is 37.1 Å². The molecule has 0 saturated carbocycles. The first-order chi connectivity index (χ1) is 12.3. The van der Waals surface area contributed by atoms with E-state index in [-0.39, 0.29) is 11.6 Å². The van der Waals surface area contributed by atoms with E-state index in [1.807, 2.05) is 24.3 Å². The molecule has 6 nitrogen and oxygen atoms in total. The Labute approximate surface area is 159 Å². The molecule has 0 spiro atoms. The Morgan fingerprint density at radius 3 is 2.38 bits per heavy atom. The highest BCUT2D eigenvalue weighted by molar-refractivity contribution is 9.10. The zero-order chi connectivity index (χ0) is 18.9. The lowest BCUT2D eigenvalue weighted by molar-refractivity contribution is -0.385. The summed E-state index contributed by atoms with van der Waals surface area (Å²) in [5.41, 5.74) is 0.640. The van der Waals surface area contributed by atoms with Gasteiger partial charge in [0, 0.05) is 34.8 Å². The second kappa shape index (κ2) is 7.17. The van der Waals surface area contributed by atoms with Gasteiger partial charge >= 0.3 is 0 Å². The lowest BCUT2D eigenvalue weighted by Crippen LogP contribution is -2.45. The van der Waals surface area contributed by atoms with Crippen molar-refractivity contribution in [1.29, 1.82) is 0 Å². The third-order valence-electron chi connectivity index (χ3n) is 4.91. The average Bonchev–Trinajstić information content (AvgIpc) is 2.62. The van der Waals surface area contributed by atoms with Crippen LogP contribution in [0.4, 0.5) is 5.69 Å². The van der Waals surface area contributed by atoms with Crippen molar-refractivity contribution in [3.63, 3.8) is 0 Å². The Bertz CT molecular complexity index is 843. The summed E-state index contributed by atoms with van der Waals surface area (Å²) in [6.07, 6.45) is 0.850. The van der Waals surface area contributed by atoms with Crippen LogP contribution in [0.2, 0.25) is 0 Å². The van der Waals surface area contributed by atoms with Gasteiger partial charge in [0.2, 0.25) is 0 Å². The number of aliphatic hydroxyl groups is 1. The van der Waals surface area contributed by atoms with Crippen LogP contribution < -0.4 is 0 Å². The van der Waals surface area contributed by atoms with Crippen molar-refractivity contribution in [2.75, 3.05) is 13.1 Å². The van der Waals surface area contributed by atoms with Crippen LogP contribution in [-0.4, -0.2) is 33.9 Å². The summed E-state index contributed by atoms with van der Waals surface area (Å²) in [6.45, 7) is 2.44. The third-order valence-corrected chi connectivity index (χ3v) is 5.44. The molecule has 0 aromatic heterocycles. The van der Waals surface area contributed by atoms with E-state index >= 15 is 0 Å². The Hall–Kier alpha value is -2.25. The average molecular weight is 419 g/mol. The molecule has 26 heavy (non-hydrogen) atoms. The minimum Gasteiger partial charge on any atom is -0.385 e. The summed E-state index contributed by atoms with van der Waals surface area (Å²) >= 11 is 3.38. The third kappa shape index (κ3) is 3.64. The number of likely N-dealkylation sites (tertiary alicyclic amines) is 1. The number of halogens is 1. The maximum Gasteiger partial charge on any atom is 0.273 e. The number of rotatable bonds is 3. The fraction of sp³-hybridized carbons (Fsp3) is 0.316. The largest absolute Gasteiger partial charge is 0.385 e. The Morgan fingerprint density at radius 2 is 1.81 bits per heavy atom. The number of nitrogens with zero attached hydrogens (tertiary/aromatic N) is 2. The fourth-order valence-electron chi connectivity index (χ4n) is 3.25.